The standard InChI is InChI=1S/C23H25ClN4O5/c1-33-21-8-5-17(24)13-16(21)15-25-9-11-26(12-10-25)19-7-6-18(14-20(19)28(31)32)27-22(29)3-2-4-23(27)30/h5-8,13-14H,2-4,9-12,15H2,1H3. The number of piperazine rings is 1. The van der Waals surface area contributed by atoms with Crippen molar-refractivity contribution in [2.24, 2.45) is 0 Å². The molecule has 0 aromatic heterocycles. The maximum Gasteiger partial charge on any atom is 0.294 e. The van der Waals surface area contributed by atoms with Crippen molar-refractivity contribution in [3.05, 3.63) is 57.1 Å². The largest absolute Gasteiger partial charge is 0.496 e. The molecular weight excluding hydrogens is 448 g/mol. The van der Waals surface area contributed by atoms with E-state index in [1.165, 1.54) is 6.07 Å². The molecule has 2 aliphatic heterocycles. The Hall–Kier alpha value is -3.17. The Morgan fingerprint density at radius 2 is 1.73 bits per heavy atom. The third kappa shape index (κ3) is 4.94. The van der Waals surface area contributed by atoms with Crippen LogP contribution in [0.25, 0.3) is 0 Å². The van der Waals surface area contributed by atoms with Gasteiger partial charge in [-0.2, -0.15) is 0 Å². The van der Waals surface area contributed by atoms with E-state index < -0.39 is 4.92 Å². The number of nitrogens with zero attached hydrogens (tertiary/aromatic N) is 4. The van der Waals surface area contributed by atoms with Crippen LogP contribution in [0.4, 0.5) is 17.1 Å². The predicted octanol–water partition coefficient (Wildman–Crippen LogP) is 3.62. The van der Waals surface area contributed by atoms with Gasteiger partial charge in [-0.25, -0.2) is 0 Å². The number of benzene rings is 2. The molecule has 2 aromatic rings. The van der Waals surface area contributed by atoms with E-state index in [4.69, 9.17) is 16.3 Å². The molecule has 9 nitrogen and oxygen atoms in total. The van der Waals surface area contributed by atoms with Crippen molar-refractivity contribution >= 4 is 40.5 Å². The third-order valence-corrected chi connectivity index (χ3v) is 6.28. The Labute approximate surface area is 196 Å². The number of hydrogen-bond donors (Lipinski definition) is 0. The lowest BCUT2D eigenvalue weighted by Gasteiger charge is -2.36. The van der Waals surface area contributed by atoms with Crippen molar-refractivity contribution in [2.75, 3.05) is 43.1 Å². The van der Waals surface area contributed by atoms with Crippen molar-refractivity contribution in [3.8, 4) is 5.75 Å². The third-order valence-electron chi connectivity index (χ3n) is 6.04. The van der Waals surface area contributed by atoms with E-state index in [9.17, 15) is 19.7 Å². The van der Waals surface area contributed by atoms with Gasteiger partial charge in [0.25, 0.3) is 5.69 Å². The fraction of sp³-hybridized carbons (Fsp3) is 0.391. The molecule has 0 bridgehead atoms. The number of ether oxygens (including phenoxy) is 1. The van der Waals surface area contributed by atoms with Crippen LogP contribution in [0.1, 0.15) is 24.8 Å². The molecule has 2 aromatic carbocycles. The maximum atomic E-state index is 12.2. The smallest absolute Gasteiger partial charge is 0.294 e. The molecule has 2 saturated heterocycles. The first-order valence-corrected chi connectivity index (χ1v) is 11.2. The van der Waals surface area contributed by atoms with Crippen molar-refractivity contribution in [1.82, 2.24) is 4.90 Å². The second-order valence-electron chi connectivity index (χ2n) is 8.13. The van der Waals surface area contributed by atoms with Crippen molar-refractivity contribution in [1.29, 1.82) is 0 Å². The van der Waals surface area contributed by atoms with Crippen LogP contribution in [0.5, 0.6) is 5.75 Å². The predicted molar refractivity (Wildman–Crippen MR) is 125 cm³/mol. The van der Waals surface area contributed by atoms with Crippen LogP contribution in [0, 0.1) is 10.1 Å². The molecule has 0 saturated carbocycles. The quantitative estimate of drug-likeness (QED) is 0.360. The SMILES string of the molecule is COc1ccc(Cl)cc1CN1CCN(c2ccc(N3C(=O)CCCC3=O)cc2[N+](=O)[O-])CC1. The molecule has 0 N–H and O–H groups in total. The summed E-state index contributed by atoms with van der Waals surface area (Å²) in [6, 6.07) is 10.1. The highest BCUT2D eigenvalue weighted by molar-refractivity contribution is 6.30. The van der Waals surface area contributed by atoms with Crippen molar-refractivity contribution in [2.45, 2.75) is 25.8 Å². The molecule has 4 rings (SSSR count). The summed E-state index contributed by atoms with van der Waals surface area (Å²) in [7, 11) is 1.62. The summed E-state index contributed by atoms with van der Waals surface area (Å²) >= 11 is 6.14. The normalized spacial score (nSPS) is 17.4. The summed E-state index contributed by atoms with van der Waals surface area (Å²) in [5.74, 6) is 0.131. The minimum Gasteiger partial charge on any atom is -0.496 e. The minimum atomic E-state index is -0.457. The molecule has 0 radical (unpaired) electrons. The Kier molecular flexibility index (Phi) is 6.80. The molecule has 2 amide bonds. The minimum absolute atomic E-state index is 0.108. The Bertz CT molecular complexity index is 1070. The van der Waals surface area contributed by atoms with Gasteiger partial charge < -0.3 is 9.64 Å². The zero-order chi connectivity index (χ0) is 23.5. The topological polar surface area (TPSA) is 96.2 Å². The van der Waals surface area contributed by atoms with E-state index in [-0.39, 0.29) is 36.0 Å². The molecule has 174 valence electrons. The molecule has 0 atom stereocenters. The number of piperidine rings is 1. The number of amides is 2. The number of rotatable bonds is 6. The Morgan fingerprint density at radius 1 is 1.03 bits per heavy atom. The van der Waals surface area contributed by atoms with Gasteiger partial charge in [-0.3, -0.25) is 29.5 Å². The van der Waals surface area contributed by atoms with Gasteiger partial charge in [0.1, 0.15) is 11.4 Å². The van der Waals surface area contributed by atoms with E-state index in [0.717, 1.165) is 16.2 Å². The lowest BCUT2D eigenvalue weighted by Crippen LogP contribution is -2.46. The summed E-state index contributed by atoms with van der Waals surface area (Å²) in [4.78, 5) is 41.1. The maximum absolute atomic E-state index is 12.2. The van der Waals surface area contributed by atoms with Crippen LogP contribution in [0.15, 0.2) is 36.4 Å². The Morgan fingerprint density at radius 3 is 2.36 bits per heavy atom. The summed E-state index contributed by atoms with van der Waals surface area (Å²) in [6.07, 6.45) is 1.04. The van der Waals surface area contributed by atoms with E-state index >= 15 is 0 Å². The lowest BCUT2D eigenvalue weighted by molar-refractivity contribution is -0.384. The Balaban J connectivity index is 1.49. The molecule has 33 heavy (non-hydrogen) atoms. The number of imide groups is 1. The molecule has 2 aliphatic rings. The van der Waals surface area contributed by atoms with Crippen LogP contribution >= 0.6 is 11.6 Å². The number of nitro groups is 1. The molecule has 2 fully saturated rings. The summed E-state index contributed by atoms with van der Waals surface area (Å²) in [6.45, 7) is 3.28. The molecule has 0 spiro atoms. The summed E-state index contributed by atoms with van der Waals surface area (Å²) in [5, 5.41) is 12.5. The van der Waals surface area contributed by atoms with Gasteiger partial charge in [0.15, 0.2) is 0 Å². The number of halogens is 1. The lowest BCUT2D eigenvalue weighted by atomic mass is 10.1. The molecular formula is C23H25ClN4O5. The van der Waals surface area contributed by atoms with E-state index in [2.05, 4.69) is 4.90 Å². The van der Waals surface area contributed by atoms with Gasteiger partial charge in [0.2, 0.25) is 11.8 Å². The van der Waals surface area contributed by atoms with Crippen molar-refractivity contribution in [3.63, 3.8) is 0 Å². The molecule has 10 heteroatoms. The zero-order valence-electron chi connectivity index (χ0n) is 18.3. The summed E-state index contributed by atoms with van der Waals surface area (Å²) in [5.41, 5.74) is 1.63. The zero-order valence-corrected chi connectivity index (χ0v) is 19.1. The van der Waals surface area contributed by atoms with Gasteiger partial charge in [-0.1, -0.05) is 11.6 Å². The first kappa shape index (κ1) is 23.0. The average Bonchev–Trinajstić information content (AvgIpc) is 2.79. The van der Waals surface area contributed by atoms with Gasteiger partial charge in [-0.15, -0.1) is 0 Å². The number of hydrogen-bond acceptors (Lipinski definition) is 7. The van der Waals surface area contributed by atoms with E-state index in [1.54, 1.807) is 25.3 Å². The van der Waals surface area contributed by atoms with Crippen LogP contribution in [-0.2, 0) is 16.1 Å². The van der Waals surface area contributed by atoms with Gasteiger partial charge >= 0.3 is 0 Å². The van der Waals surface area contributed by atoms with Crippen LogP contribution in [0.2, 0.25) is 5.02 Å². The molecule has 0 unspecified atom stereocenters. The van der Waals surface area contributed by atoms with Crippen molar-refractivity contribution < 1.29 is 19.2 Å². The van der Waals surface area contributed by atoms with Crippen LogP contribution < -0.4 is 14.5 Å². The number of carbonyl (C=O) groups is 2. The first-order chi connectivity index (χ1) is 15.9. The fourth-order valence-electron chi connectivity index (χ4n) is 4.36. The van der Waals surface area contributed by atoms with Gasteiger partial charge in [0, 0.05) is 62.2 Å². The highest BCUT2D eigenvalue weighted by Crippen LogP contribution is 2.35. The highest BCUT2D eigenvalue weighted by Gasteiger charge is 2.31. The van der Waals surface area contributed by atoms with Crippen LogP contribution in [0.3, 0.4) is 0 Å². The molecule has 0 aliphatic carbocycles. The van der Waals surface area contributed by atoms with E-state index in [1.807, 2.05) is 17.0 Å². The van der Waals surface area contributed by atoms with Gasteiger partial charge in [0.05, 0.1) is 17.7 Å². The second-order valence-corrected chi connectivity index (χ2v) is 8.56. The van der Waals surface area contributed by atoms with Crippen LogP contribution in [-0.4, -0.2) is 54.9 Å². The fourth-order valence-corrected chi connectivity index (χ4v) is 4.56. The average molecular weight is 473 g/mol. The highest BCUT2D eigenvalue weighted by atomic mass is 35.5. The first-order valence-electron chi connectivity index (χ1n) is 10.8. The number of methoxy groups -OCH3 is 1. The number of carbonyl (C=O) groups excluding carboxylic acids is 2. The second kappa shape index (κ2) is 9.76. The monoisotopic (exact) mass is 472 g/mol. The molecule has 2 heterocycles. The van der Waals surface area contributed by atoms with Gasteiger partial charge in [-0.05, 0) is 36.8 Å². The summed E-state index contributed by atoms with van der Waals surface area (Å²) < 4.78 is 5.43. The number of nitro benzene ring substituents is 1. The number of anilines is 2. The van der Waals surface area contributed by atoms with E-state index in [0.29, 0.717) is 49.9 Å².